The molecule has 0 fully saturated rings. The van der Waals surface area contributed by atoms with Crippen molar-refractivity contribution in [1.82, 2.24) is 19.7 Å². The number of H-pyrrole nitrogens is 1. The van der Waals surface area contributed by atoms with E-state index in [0.29, 0.717) is 17.7 Å². The van der Waals surface area contributed by atoms with Gasteiger partial charge < -0.3 is 0 Å². The van der Waals surface area contributed by atoms with Crippen molar-refractivity contribution in [3.63, 3.8) is 0 Å². The Kier molecular flexibility index (Phi) is 3.42. The molecular formula is C18H13FN4O. The third kappa shape index (κ3) is 2.48. The summed E-state index contributed by atoms with van der Waals surface area (Å²) in [5.74, 6) is -0.521. The lowest BCUT2D eigenvalue weighted by Crippen LogP contribution is -2.21. The molecule has 4 rings (SSSR count). The van der Waals surface area contributed by atoms with E-state index in [1.807, 2.05) is 30.3 Å². The summed E-state index contributed by atoms with van der Waals surface area (Å²) < 4.78 is 15.8. The highest BCUT2D eigenvalue weighted by Gasteiger charge is 2.12. The molecule has 4 aromatic rings. The highest BCUT2D eigenvalue weighted by atomic mass is 19.1. The molecule has 24 heavy (non-hydrogen) atoms. The van der Waals surface area contributed by atoms with Crippen LogP contribution in [0, 0.1) is 5.82 Å². The van der Waals surface area contributed by atoms with E-state index in [0.717, 1.165) is 5.56 Å². The molecule has 0 radical (unpaired) electrons. The Balaban J connectivity index is 1.87. The zero-order valence-electron chi connectivity index (χ0n) is 12.6. The SMILES string of the molecule is O=c1c2cc(-c3cn[nH]c3)cc(F)c2ncn1Cc1ccccc1. The quantitative estimate of drug-likeness (QED) is 0.631. The number of benzene rings is 2. The van der Waals surface area contributed by atoms with Gasteiger partial charge in [-0.05, 0) is 23.3 Å². The van der Waals surface area contributed by atoms with Crippen molar-refractivity contribution in [2.45, 2.75) is 6.54 Å². The predicted octanol–water partition coefficient (Wildman–Crippen LogP) is 2.97. The Morgan fingerprint density at radius 2 is 1.96 bits per heavy atom. The van der Waals surface area contributed by atoms with Gasteiger partial charge in [-0.1, -0.05) is 30.3 Å². The van der Waals surface area contributed by atoms with Gasteiger partial charge in [-0.2, -0.15) is 5.10 Å². The van der Waals surface area contributed by atoms with Crippen LogP contribution in [0.25, 0.3) is 22.0 Å². The van der Waals surface area contributed by atoms with Gasteiger partial charge in [0.05, 0.1) is 24.5 Å². The second-order valence-electron chi connectivity index (χ2n) is 5.50. The summed E-state index contributed by atoms with van der Waals surface area (Å²) in [7, 11) is 0. The van der Waals surface area contributed by atoms with Crippen LogP contribution in [-0.2, 0) is 6.54 Å². The Hall–Kier alpha value is -3.28. The molecule has 0 aliphatic carbocycles. The number of hydrogen-bond acceptors (Lipinski definition) is 3. The van der Waals surface area contributed by atoms with Crippen molar-refractivity contribution in [2.75, 3.05) is 0 Å². The molecule has 0 amide bonds. The number of nitrogens with one attached hydrogen (secondary N) is 1. The van der Waals surface area contributed by atoms with Gasteiger partial charge in [0, 0.05) is 11.8 Å². The average Bonchev–Trinajstić information content (AvgIpc) is 3.13. The molecule has 0 saturated heterocycles. The van der Waals surface area contributed by atoms with Crippen molar-refractivity contribution >= 4 is 10.9 Å². The van der Waals surface area contributed by atoms with Crippen molar-refractivity contribution in [3.8, 4) is 11.1 Å². The zero-order chi connectivity index (χ0) is 16.5. The first-order valence-electron chi connectivity index (χ1n) is 7.44. The lowest BCUT2D eigenvalue weighted by atomic mass is 10.1. The van der Waals surface area contributed by atoms with Crippen molar-refractivity contribution in [3.05, 3.63) is 82.9 Å². The lowest BCUT2D eigenvalue weighted by molar-refractivity contribution is 0.634. The maximum absolute atomic E-state index is 14.3. The summed E-state index contributed by atoms with van der Waals surface area (Å²) in [4.78, 5) is 16.9. The van der Waals surface area contributed by atoms with Crippen molar-refractivity contribution < 1.29 is 4.39 Å². The topological polar surface area (TPSA) is 63.6 Å². The van der Waals surface area contributed by atoms with E-state index >= 15 is 0 Å². The van der Waals surface area contributed by atoms with E-state index in [9.17, 15) is 9.18 Å². The van der Waals surface area contributed by atoms with E-state index in [1.54, 1.807) is 18.5 Å². The summed E-state index contributed by atoms with van der Waals surface area (Å²) in [6.45, 7) is 0.389. The third-order valence-electron chi connectivity index (χ3n) is 3.91. The Morgan fingerprint density at radius 3 is 2.71 bits per heavy atom. The van der Waals surface area contributed by atoms with Crippen LogP contribution in [0.5, 0.6) is 0 Å². The summed E-state index contributed by atoms with van der Waals surface area (Å²) in [5, 5.41) is 6.79. The summed E-state index contributed by atoms with van der Waals surface area (Å²) >= 11 is 0. The molecule has 0 saturated carbocycles. The van der Waals surface area contributed by atoms with Crippen LogP contribution in [0.4, 0.5) is 4.39 Å². The van der Waals surface area contributed by atoms with Gasteiger partial charge >= 0.3 is 0 Å². The fourth-order valence-corrected chi connectivity index (χ4v) is 2.70. The van der Waals surface area contributed by atoms with Gasteiger partial charge in [0.1, 0.15) is 11.3 Å². The Bertz CT molecular complexity index is 1060. The van der Waals surface area contributed by atoms with Gasteiger partial charge in [-0.15, -0.1) is 0 Å². The molecule has 6 heteroatoms. The van der Waals surface area contributed by atoms with Gasteiger partial charge in [-0.3, -0.25) is 14.5 Å². The maximum atomic E-state index is 14.3. The summed E-state index contributed by atoms with van der Waals surface area (Å²) in [5.41, 5.74) is 2.09. The molecular weight excluding hydrogens is 307 g/mol. The molecule has 2 aromatic carbocycles. The third-order valence-corrected chi connectivity index (χ3v) is 3.91. The van der Waals surface area contributed by atoms with E-state index in [2.05, 4.69) is 15.2 Å². The molecule has 5 nitrogen and oxygen atoms in total. The van der Waals surface area contributed by atoms with Crippen LogP contribution in [0.2, 0.25) is 0 Å². The first-order chi connectivity index (χ1) is 11.7. The van der Waals surface area contributed by atoms with E-state index in [-0.39, 0.29) is 16.5 Å². The van der Waals surface area contributed by atoms with Crippen molar-refractivity contribution in [2.24, 2.45) is 0 Å². The molecule has 0 spiro atoms. The van der Waals surface area contributed by atoms with Crippen LogP contribution < -0.4 is 5.56 Å². The monoisotopic (exact) mass is 320 g/mol. The molecule has 2 heterocycles. The van der Waals surface area contributed by atoms with Crippen molar-refractivity contribution in [1.29, 1.82) is 0 Å². The van der Waals surface area contributed by atoms with Crippen LogP contribution in [0.1, 0.15) is 5.56 Å². The van der Waals surface area contributed by atoms with Gasteiger partial charge in [-0.25, -0.2) is 9.37 Å². The highest BCUT2D eigenvalue weighted by molar-refractivity contribution is 5.84. The van der Waals surface area contributed by atoms with Gasteiger partial charge in [0.15, 0.2) is 0 Å². The first-order valence-corrected chi connectivity index (χ1v) is 7.44. The fraction of sp³-hybridized carbons (Fsp3) is 0.0556. The van der Waals surface area contributed by atoms with Crippen LogP contribution in [-0.4, -0.2) is 19.7 Å². The van der Waals surface area contributed by atoms with Crippen LogP contribution in [0.3, 0.4) is 0 Å². The number of halogens is 1. The Morgan fingerprint density at radius 1 is 1.12 bits per heavy atom. The van der Waals surface area contributed by atoms with Crippen LogP contribution >= 0.6 is 0 Å². The number of rotatable bonds is 3. The predicted molar refractivity (Wildman–Crippen MR) is 89.1 cm³/mol. The molecule has 118 valence electrons. The number of nitrogens with zero attached hydrogens (tertiary/aromatic N) is 3. The standard InChI is InChI=1S/C18H13FN4O/c19-16-7-13(14-8-21-22-9-14)6-15-17(16)20-11-23(18(15)24)10-12-4-2-1-3-5-12/h1-9,11H,10H2,(H,21,22). The second kappa shape index (κ2) is 5.73. The normalized spacial score (nSPS) is 11.0. The summed E-state index contributed by atoms with van der Waals surface area (Å²) in [6.07, 6.45) is 4.62. The molecule has 2 aromatic heterocycles. The minimum Gasteiger partial charge on any atom is -0.294 e. The van der Waals surface area contributed by atoms with Gasteiger partial charge in [0.2, 0.25) is 0 Å². The maximum Gasteiger partial charge on any atom is 0.261 e. The number of hydrogen-bond donors (Lipinski definition) is 1. The Labute approximate surface area is 136 Å². The molecule has 0 aliphatic rings. The van der Waals surface area contributed by atoms with E-state index in [4.69, 9.17) is 0 Å². The molecule has 0 unspecified atom stereocenters. The second-order valence-corrected chi connectivity index (χ2v) is 5.50. The highest BCUT2D eigenvalue weighted by Crippen LogP contribution is 2.23. The molecule has 0 atom stereocenters. The number of fused-ring (bicyclic) bond motifs is 1. The van der Waals surface area contributed by atoms with E-state index in [1.165, 1.54) is 17.0 Å². The lowest BCUT2D eigenvalue weighted by Gasteiger charge is -2.08. The molecule has 1 N–H and O–H groups in total. The molecule has 0 aliphatic heterocycles. The number of aromatic amines is 1. The first kappa shape index (κ1) is 14.3. The fourth-order valence-electron chi connectivity index (χ4n) is 2.70. The van der Waals surface area contributed by atoms with Crippen LogP contribution in [0.15, 0.2) is 66.0 Å². The minimum absolute atomic E-state index is 0.0801. The summed E-state index contributed by atoms with van der Waals surface area (Å²) in [6, 6.07) is 12.6. The molecule has 0 bridgehead atoms. The van der Waals surface area contributed by atoms with Gasteiger partial charge in [0.25, 0.3) is 5.56 Å². The smallest absolute Gasteiger partial charge is 0.261 e. The largest absolute Gasteiger partial charge is 0.294 e. The zero-order valence-corrected chi connectivity index (χ0v) is 12.6. The van der Waals surface area contributed by atoms with E-state index < -0.39 is 5.82 Å². The minimum atomic E-state index is -0.521. The number of aromatic nitrogens is 4. The average molecular weight is 320 g/mol.